The average molecular weight is 276 g/mol. The number of benzene rings is 1. The highest BCUT2D eigenvalue weighted by atomic mass is 16.5. The van der Waals surface area contributed by atoms with E-state index in [0.29, 0.717) is 11.4 Å². The maximum Gasteiger partial charge on any atom is 0.335 e. The molecule has 6 nitrogen and oxygen atoms in total. The Morgan fingerprint density at radius 2 is 1.85 bits per heavy atom. The molecular formula is C14H16N2O4. The first kappa shape index (κ1) is 14.0. The molecule has 1 aromatic rings. The van der Waals surface area contributed by atoms with Gasteiger partial charge in [-0.15, -0.1) is 0 Å². The lowest BCUT2D eigenvalue weighted by Gasteiger charge is -2.32. The normalized spacial score (nSPS) is 19.3. The molecule has 4 amide bonds. The molecule has 1 aromatic carbocycles. The van der Waals surface area contributed by atoms with Gasteiger partial charge in [0.2, 0.25) is 11.8 Å². The van der Waals surface area contributed by atoms with Crippen molar-refractivity contribution in [1.29, 1.82) is 0 Å². The Kier molecular flexibility index (Phi) is 3.74. The molecule has 1 aliphatic heterocycles. The first-order valence-electron chi connectivity index (χ1n) is 6.29. The quantitative estimate of drug-likeness (QED) is 0.850. The van der Waals surface area contributed by atoms with Crippen LogP contribution in [0.1, 0.15) is 13.8 Å². The number of nitrogens with zero attached hydrogens (tertiary/aromatic N) is 1. The van der Waals surface area contributed by atoms with E-state index >= 15 is 0 Å². The summed E-state index contributed by atoms with van der Waals surface area (Å²) < 4.78 is 5.16. The maximum absolute atomic E-state index is 12.4. The lowest BCUT2D eigenvalue weighted by atomic mass is 9.92. The Morgan fingerprint density at radius 3 is 2.45 bits per heavy atom. The molecule has 1 heterocycles. The molecule has 1 atom stereocenters. The Bertz CT molecular complexity index is 568. The molecule has 0 spiro atoms. The fourth-order valence-electron chi connectivity index (χ4n) is 2.22. The highest BCUT2D eigenvalue weighted by Crippen LogP contribution is 2.31. The minimum absolute atomic E-state index is 0.201. The van der Waals surface area contributed by atoms with Gasteiger partial charge in [-0.3, -0.25) is 14.9 Å². The molecule has 1 N–H and O–H groups in total. The van der Waals surface area contributed by atoms with Gasteiger partial charge in [0.25, 0.3) is 0 Å². The molecule has 2 rings (SSSR count). The largest absolute Gasteiger partial charge is 0.495 e. The smallest absolute Gasteiger partial charge is 0.335 e. The lowest BCUT2D eigenvalue weighted by molar-refractivity contribution is -0.136. The van der Waals surface area contributed by atoms with Crippen molar-refractivity contribution in [3.63, 3.8) is 0 Å². The van der Waals surface area contributed by atoms with E-state index in [4.69, 9.17) is 4.74 Å². The number of nitrogens with one attached hydrogen (secondary N) is 1. The summed E-state index contributed by atoms with van der Waals surface area (Å²) in [5.41, 5.74) is 0.329. The highest BCUT2D eigenvalue weighted by Gasteiger charge is 2.43. The van der Waals surface area contributed by atoms with Crippen LogP contribution in [0.5, 0.6) is 5.75 Å². The van der Waals surface area contributed by atoms with Crippen LogP contribution in [0.2, 0.25) is 0 Å². The third kappa shape index (κ3) is 2.24. The number of urea groups is 1. The number of amides is 4. The minimum Gasteiger partial charge on any atom is -0.495 e. The number of hydrogen-bond donors (Lipinski definition) is 1. The van der Waals surface area contributed by atoms with E-state index in [1.165, 1.54) is 7.11 Å². The van der Waals surface area contributed by atoms with Gasteiger partial charge < -0.3 is 4.74 Å². The third-order valence-corrected chi connectivity index (χ3v) is 3.19. The average Bonchev–Trinajstić information content (AvgIpc) is 2.38. The first-order valence-corrected chi connectivity index (χ1v) is 6.29. The third-order valence-electron chi connectivity index (χ3n) is 3.19. The van der Waals surface area contributed by atoms with Gasteiger partial charge in [-0.2, -0.15) is 0 Å². The molecule has 6 heteroatoms. The molecule has 0 bridgehead atoms. The van der Waals surface area contributed by atoms with Crippen LogP contribution in [0, 0.1) is 11.8 Å². The van der Waals surface area contributed by atoms with E-state index < -0.39 is 23.8 Å². The number of hydrogen-bond acceptors (Lipinski definition) is 4. The van der Waals surface area contributed by atoms with E-state index in [2.05, 4.69) is 5.32 Å². The van der Waals surface area contributed by atoms with Crippen LogP contribution in [0.3, 0.4) is 0 Å². The number of barbiturate groups is 1. The minimum atomic E-state index is -0.877. The van der Waals surface area contributed by atoms with Gasteiger partial charge in [-0.25, -0.2) is 9.69 Å². The van der Waals surface area contributed by atoms with Gasteiger partial charge in [0.1, 0.15) is 11.7 Å². The van der Waals surface area contributed by atoms with E-state index in [1.54, 1.807) is 38.1 Å². The zero-order chi connectivity index (χ0) is 14.9. The van der Waals surface area contributed by atoms with Gasteiger partial charge in [0.05, 0.1) is 12.8 Å². The summed E-state index contributed by atoms with van der Waals surface area (Å²) in [6, 6.07) is 5.93. The molecule has 1 saturated heterocycles. The van der Waals surface area contributed by atoms with Crippen LogP contribution in [0.25, 0.3) is 0 Å². The van der Waals surface area contributed by atoms with Gasteiger partial charge >= 0.3 is 6.03 Å². The Hall–Kier alpha value is -2.37. The van der Waals surface area contributed by atoms with Crippen molar-refractivity contribution in [3.05, 3.63) is 24.3 Å². The van der Waals surface area contributed by atoms with Gasteiger partial charge in [-0.1, -0.05) is 26.0 Å². The monoisotopic (exact) mass is 276 g/mol. The van der Waals surface area contributed by atoms with Crippen LogP contribution in [-0.2, 0) is 9.59 Å². The van der Waals surface area contributed by atoms with Gasteiger partial charge in [-0.05, 0) is 18.1 Å². The molecule has 0 aromatic heterocycles. The zero-order valence-electron chi connectivity index (χ0n) is 11.5. The fraction of sp³-hybridized carbons (Fsp3) is 0.357. The Labute approximate surface area is 116 Å². The van der Waals surface area contributed by atoms with Crippen molar-refractivity contribution in [2.45, 2.75) is 13.8 Å². The summed E-state index contributed by atoms with van der Waals surface area (Å²) in [6.45, 7) is 3.52. The summed E-state index contributed by atoms with van der Waals surface area (Å²) in [5.74, 6) is -1.77. The Morgan fingerprint density at radius 1 is 1.20 bits per heavy atom. The van der Waals surface area contributed by atoms with Crippen molar-refractivity contribution in [3.8, 4) is 5.75 Å². The van der Waals surface area contributed by atoms with Crippen molar-refractivity contribution >= 4 is 23.5 Å². The lowest BCUT2D eigenvalue weighted by Crippen LogP contribution is -2.59. The number of carbonyl (C=O) groups excluding carboxylic acids is 3. The fourth-order valence-corrected chi connectivity index (χ4v) is 2.22. The molecule has 0 aliphatic carbocycles. The molecule has 1 fully saturated rings. The predicted octanol–water partition coefficient (Wildman–Crippen LogP) is 1.55. The second-order valence-electron chi connectivity index (χ2n) is 4.86. The van der Waals surface area contributed by atoms with Crippen LogP contribution in [0.15, 0.2) is 24.3 Å². The van der Waals surface area contributed by atoms with Gasteiger partial charge in [0, 0.05) is 0 Å². The second kappa shape index (κ2) is 5.32. The molecule has 1 unspecified atom stereocenters. The van der Waals surface area contributed by atoms with Crippen molar-refractivity contribution in [1.82, 2.24) is 5.32 Å². The molecule has 106 valence electrons. The van der Waals surface area contributed by atoms with E-state index in [1.807, 2.05) is 0 Å². The van der Waals surface area contributed by atoms with E-state index in [0.717, 1.165) is 4.90 Å². The molecule has 0 saturated carbocycles. The number of methoxy groups -OCH3 is 1. The molecular weight excluding hydrogens is 260 g/mol. The summed E-state index contributed by atoms with van der Waals surface area (Å²) >= 11 is 0. The maximum atomic E-state index is 12.4. The summed E-state index contributed by atoms with van der Waals surface area (Å²) in [5, 5.41) is 2.21. The second-order valence-corrected chi connectivity index (χ2v) is 4.86. The number of para-hydroxylation sites is 2. The molecule has 20 heavy (non-hydrogen) atoms. The SMILES string of the molecule is COc1ccccc1N1C(=O)NC(=O)C(C(C)C)C1=O. The number of imide groups is 2. The van der Waals surface area contributed by atoms with Gasteiger partial charge in [0.15, 0.2) is 0 Å². The summed E-state index contributed by atoms with van der Waals surface area (Å²) in [7, 11) is 1.45. The summed E-state index contributed by atoms with van der Waals surface area (Å²) in [6.07, 6.45) is 0. The number of anilines is 1. The standard InChI is InChI=1S/C14H16N2O4/c1-8(2)11-12(17)15-14(19)16(13(11)18)9-6-4-5-7-10(9)20-3/h4-8,11H,1-3H3,(H,15,17,19). The highest BCUT2D eigenvalue weighted by molar-refractivity contribution is 6.28. The topological polar surface area (TPSA) is 75.7 Å². The summed E-state index contributed by atoms with van der Waals surface area (Å²) in [4.78, 5) is 37.2. The van der Waals surface area contributed by atoms with E-state index in [9.17, 15) is 14.4 Å². The van der Waals surface area contributed by atoms with Crippen LogP contribution in [-0.4, -0.2) is 25.0 Å². The van der Waals surface area contributed by atoms with Crippen LogP contribution >= 0.6 is 0 Å². The van der Waals surface area contributed by atoms with Crippen molar-refractivity contribution in [2.24, 2.45) is 11.8 Å². The number of rotatable bonds is 3. The molecule has 0 radical (unpaired) electrons. The Balaban J connectivity index is 2.46. The van der Waals surface area contributed by atoms with Crippen molar-refractivity contribution in [2.75, 3.05) is 12.0 Å². The van der Waals surface area contributed by atoms with Crippen LogP contribution in [0.4, 0.5) is 10.5 Å². The van der Waals surface area contributed by atoms with Crippen molar-refractivity contribution < 1.29 is 19.1 Å². The zero-order valence-corrected chi connectivity index (χ0v) is 11.5. The first-order chi connectivity index (χ1) is 9.47. The van der Waals surface area contributed by atoms with Crippen LogP contribution < -0.4 is 15.0 Å². The molecule has 1 aliphatic rings. The van der Waals surface area contributed by atoms with E-state index in [-0.39, 0.29) is 5.92 Å². The number of carbonyl (C=O) groups is 3. The number of ether oxygens (including phenoxy) is 1. The predicted molar refractivity (Wildman–Crippen MR) is 72.3 cm³/mol.